The second kappa shape index (κ2) is 12.9. The van der Waals surface area contributed by atoms with Crippen LogP contribution in [0.1, 0.15) is 56.6 Å². The van der Waals surface area contributed by atoms with Gasteiger partial charge in [-0.15, -0.1) is 10.2 Å². The number of aromatic nitrogens is 2. The Bertz CT molecular complexity index is 1270. The topological polar surface area (TPSA) is 48.2 Å². The highest BCUT2D eigenvalue weighted by molar-refractivity contribution is 9.10. The number of benzene rings is 3. The third kappa shape index (κ3) is 7.56. The molecule has 0 spiro atoms. The fourth-order valence-electron chi connectivity index (χ4n) is 3.67. The van der Waals surface area contributed by atoms with Crippen LogP contribution in [0.4, 0.5) is 0 Å². The zero-order valence-electron chi connectivity index (χ0n) is 20.0. The quantitative estimate of drug-likeness (QED) is 0.153. The maximum Gasteiger partial charge on any atom is 0.248 e. The first-order chi connectivity index (χ1) is 17.2. The Morgan fingerprint density at radius 1 is 0.743 bits per heavy atom. The minimum Gasteiger partial charge on any atom is -0.494 e. The van der Waals surface area contributed by atoms with Crippen molar-refractivity contribution in [2.75, 3.05) is 6.61 Å². The Kier molecular flexibility index (Phi) is 9.14. The summed E-state index contributed by atoms with van der Waals surface area (Å²) in [6, 6.07) is 23.6. The number of halogens is 1. The number of ether oxygens (including phenoxy) is 1. The van der Waals surface area contributed by atoms with Crippen molar-refractivity contribution >= 4 is 15.9 Å². The van der Waals surface area contributed by atoms with E-state index in [1.54, 1.807) is 0 Å². The zero-order chi connectivity index (χ0) is 24.3. The molecular weight excluding hydrogens is 500 g/mol. The Morgan fingerprint density at radius 2 is 1.43 bits per heavy atom. The standard InChI is InChI=1S/C30H29BrN2O2/c1-2-3-4-5-6-10-19-34-28-17-15-25(16-18-28)29-32-33-30(35-29)26-20-24(21-27(31)22-26)14-13-23-11-8-7-9-12-23/h7-9,11-12,15-18,20-22H,2-6,10,19H2,1H3. The molecule has 0 aliphatic carbocycles. The summed E-state index contributed by atoms with van der Waals surface area (Å²) in [7, 11) is 0. The molecule has 0 fully saturated rings. The summed E-state index contributed by atoms with van der Waals surface area (Å²) in [5.74, 6) is 8.17. The summed E-state index contributed by atoms with van der Waals surface area (Å²) in [6.07, 6.45) is 7.51. The molecule has 0 unspecified atom stereocenters. The molecule has 3 aromatic carbocycles. The average Bonchev–Trinajstić information content (AvgIpc) is 3.38. The summed E-state index contributed by atoms with van der Waals surface area (Å²) in [5.41, 5.74) is 3.50. The summed E-state index contributed by atoms with van der Waals surface area (Å²) < 4.78 is 12.8. The molecule has 1 heterocycles. The van der Waals surface area contributed by atoms with Gasteiger partial charge in [-0.1, -0.05) is 85.0 Å². The van der Waals surface area contributed by atoms with Crippen LogP contribution in [-0.4, -0.2) is 16.8 Å². The lowest BCUT2D eigenvalue weighted by atomic mass is 10.1. The predicted octanol–water partition coefficient (Wildman–Crippen LogP) is 8.31. The van der Waals surface area contributed by atoms with Crippen molar-refractivity contribution in [3.8, 4) is 40.5 Å². The van der Waals surface area contributed by atoms with Crippen LogP contribution >= 0.6 is 15.9 Å². The van der Waals surface area contributed by atoms with Gasteiger partial charge in [-0.25, -0.2) is 0 Å². The average molecular weight is 529 g/mol. The summed E-state index contributed by atoms with van der Waals surface area (Å²) >= 11 is 3.57. The predicted molar refractivity (Wildman–Crippen MR) is 144 cm³/mol. The van der Waals surface area contributed by atoms with Crippen molar-refractivity contribution in [1.29, 1.82) is 0 Å². The number of rotatable bonds is 10. The molecule has 178 valence electrons. The maximum absolute atomic E-state index is 5.98. The highest BCUT2D eigenvalue weighted by atomic mass is 79.9. The number of unbranched alkanes of at least 4 members (excludes halogenated alkanes) is 5. The van der Waals surface area contributed by atoms with E-state index in [9.17, 15) is 0 Å². The molecule has 0 radical (unpaired) electrons. The van der Waals surface area contributed by atoms with Gasteiger partial charge >= 0.3 is 0 Å². The minimum atomic E-state index is 0.451. The van der Waals surface area contributed by atoms with Crippen molar-refractivity contribution in [1.82, 2.24) is 10.2 Å². The third-order valence-corrected chi connectivity index (χ3v) is 6.02. The molecule has 0 amide bonds. The summed E-state index contributed by atoms with van der Waals surface area (Å²) in [4.78, 5) is 0. The van der Waals surface area contributed by atoms with Crippen LogP contribution in [0.2, 0.25) is 0 Å². The van der Waals surface area contributed by atoms with Crippen molar-refractivity contribution in [2.24, 2.45) is 0 Å². The molecular formula is C30H29BrN2O2. The Morgan fingerprint density at radius 3 is 2.20 bits per heavy atom. The second-order valence-electron chi connectivity index (χ2n) is 8.40. The largest absolute Gasteiger partial charge is 0.494 e. The monoisotopic (exact) mass is 528 g/mol. The molecule has 0 aliphatic rings. The molecule has 5 heteroatoms. The van der Waals surface area contributed by atoms with Gasteiger partial charge in [-0.3, -0.25) is 0 Å². The van der Waals surface area contributed by atoms with E-state index in [1.165, 1.54) is 32.1 Å². The summed E-state index contributed by atoms with van der Waals surface area (Å²) in [5, 5.41) is 8.51. The van der Waals surface area contributed by atoms with Crippen LogP contribution in [0.25, 0.3) is 22.9 Å². The van der Waals surface area contributed by atoms with Gasteiger partial charge in [-0.05, 0) is 61.0 Å². The van der Waals surface area contributed by atoms with E-state index < -0.39 is 0 Å². The second-order valence-corrected chi connectivity index (χ2v) is 9.31. The van der Waals surface area contributed by atoms with Gasteiger partial charge in [0.1, 0.15) is 5.75 Å². The van der Waals surface area contributed by atoms with Gasteiger partial charge in [0.15, 0.2) is 0 Å². The molecule has 4 aromatic rings. The van der Waals surface area contributed by atoms with Crippen LogP contribution in [-0.2, 0) is 0 Å². The number of hydrogen-bond donors (Lipinski definition) is 0. The van der Waals surface area contributed by atoms with Crippen LogP contribution in [0.15, 0.2) is 81.7 Å². The van der Waals surface area contributed by atoms with Crippen LogP contribution in [0.5, 0.6) is 5.75 Å². The van der Waals surface area contributed by atoms with E-state index in [-0.39, 0.29) is 0 Å². The molecule has 0 saturated carbocycles. The molecule has 4 nitrogen and oxygen atoms in total. The van der Waals surface area contributed by atoms with E-state index in [4.69, 9.17) is 9.15 Å². The van der Waals surface area contributed by atoms with E-state index in [0.29, 0.717) is 11.8 Å². The third-order valence-electron chi connectivity index (χ3n) is 5.56. The molecule has 35 heavy (non-hydrogen) atoms. The van der Waals surface area contributed by atoms with Crippen LogP contribution in [0, 0.1) is 11.8 Å². The Balaban J connectivity index is 1.38. The normalized spacial score (nSPS) is 10.6. The van der Waals surface area contributed by atoms with E-state index in [0.717, 1.165) is 45.5 Å². The highest BCUT2D eigenvalue weighted by Gasteiger charge is 2.12. The Labute approximate surface area is 215 Å². The van der Waals surface area contributed by atoms with Gasteiger partial charge in [0, 0.05) is 26.7 Å². The summed E-state index contributed by atoms with van der Waals surface area (Å²) in [6.45, 7) is 2.98. The zero-order valence-corrected chi connectivity index (χ0v) is 21.6. The van der Waals surface area contributed by atoms with Gasteiger partial charge in [0.05, 0.1) is 6.61 Å². The van der Waals surface area contributed by atoms with Gasteiger partial charge in [0.25, 0.3) is 0 Å². The number of nitrogens with zero attached hydrogens (tertiary/aromatic N) is 2. The molecule has 0 N–H and O–H groups in total. The highest BCUT2D eigenvalue weighted by Crippen LogP contribution is 2.28. The van der Waals surface area contributed by atoms with Gasteiger partial charge in [0.2, 0.25) is 11.8 Å². The fraction of sp³-hybridized carbons (Fsp3) is 0.267. The van der Waals surface area contributed by atoms with Crippen molar-refractivity contribution in [3.63, 3.8) is 0 Å². The number of hydrogen-bond acceptors (Lipinski definition) is 4. The lowest BCUT2D eigenvalue weighted by molar-refractivity contribution is 0.304. The van der Waals surface area contributed by atoms with Crippen molar-refractivity contribution in [3.05, 3.63) is 88.4 Å². The van der Waals surface area contributed by atoms with E-state index in [1.807, 2.05) is 72.8 Å². The molecule has 0 bridgehead atoms. The lowest BCUT2D eigenvalue weighted by Gasteiger charge is -2.06. The first-order valence-corrected chi connectivity index (χ1v) is 13.0. The van der Waals surface area contributed by atoms with Crippen molar-refractivity contribution < 1.29 is 9.15 Å². The van der Waals surface area contributed by atoms with Crippen LogP contribution in [0.3, 0.4) is 0 Å². The van der Waals surface area contributed by atoms with E-state index in [2.05, 4.69) is 44.9 Å². The molecule has 0 atom stereocenters. The first-order valence-electron chi connectivity index (χ1n) is 12.2. The fourth-order valence-corrected chi connectivity index (χ4v) is 4.17. The molecule has 4 rings (SSSR count). The molecule has 0 saturated heterocycles. The minimum absolute atomic E-state index is 0.451. The van der Waals surface area contributed by atoms with Gasteiger partial charge in [-0.2, -0.15) is 0 Å². The lowest BCUT2D eigenvalue weighted by Crippen LogP contribution is -1.97. The van der Waals surface area contributed by atoms with Gasteiger partial charge < -0.3 is 9.15 Å². The first kappa shape index (κ1) is 24.8. The van der Waals surface area contributed by atoms with Crippen molar-refractivity contribution in [2.45, 2.75) is 45.4 Å². The Hall–Kier alpha value is -3.36. The molecule has 1 aromatic heterocycles. The van der Waals surface area contributed by atoms with E-state index >= 15 is 0 Å². The van der Waals surface area contributed by atoms with Crippen LogP contribution < -0.4 is 4.74 Å². The SMILES string of the molecule is CCCCCCCCOc1ccc(-c2nnc(-c3cc(Br)cc(C#Cc4ccccc4)c3)o2)cc1. The maximum atomic E-state index is 5.98. The molecule has 0 aliphatic heterocycles. The smallest absolute Gasteiger partial charge is 0.248 e.